The van der Waals surface area contributed by atoms with Gasteiger partial charge in [0.05, 0.1) is 23.7 Å². The second-order valence-electron chi connectivity index (χ2n) is 3.19. The van der Waals surface area contributed by atoms with E-state index in [1.54, 1.807) is 20.0 Å². The van der Waals surface area contributed by atoms with Crippen LogP contribution in [0, 0.1) is 17.2 Å². The van der Waals surface area contributed by atoms with Crippen LogP contribution in [0.15, 0.2) is 12.4 Å². The van der Waals surface area contributed by atoms with Crippen LogP contribution < -0.4 is 0 Å². The fraction of sp³-hybridized carbons (Fsp3) is 0.444. The average molecular weight is 193 g/mol. The van der Waals surface area contributed by atoms with E-state index in [9.17, 15) is 4.79 Å². The van der Waals surface area contributed by atoms with Crippen LogP contribution in [0.5, 0.6) is 0 Å². The Morgan fingerprint density at radius 2 is 2.36 bits per heavy atom. The summed E-state index contributed by atoms with van der Waals surface area (Å²) in [6, 6.07) is 1.68. The Bertz CT molecular complexity index is 378. The highest BCUT2D eigenvalue weighted by Crippen LogP contribution is 2.16. The van der Waals surface area contributed by atoms with Gasteiger partial charge in [0.15, 0.2) is 0 Å². The summed E-state index contributed by atoms with van der Waals surface area (Å²) < 4.78 is 1.50. The quantitative estimate of drug-likeness (QED) is 0.777. The van der Waals surface area contributed by atoms with Crippen LogP contribution in [0.2, 0.25) is 0 Å². The highest BCUT2D eigenvalue weighted by Gasteiger charge is 2.21. The third kappa shape index (κ3) is 1.91. The van der Waals surface area contributed by atoms with E-state index < -0.39 is 11.9 Å². The molecular formula is C9H11N3O2. The zero-order valence-corrected chi connectivity index (χ0v) is 8.01. The number of hydrogen-bond acceptors (Lipinski definition) is 3. The molecule has 0 spiro atoms. The number of hydrogen-bond donors (Lipinski definition) is 1. The molecule has 1 aromatic heterocycles. The molecule has 0 aromatic carbocycles. The SMILES string of the molecule is CC(C(=O)O)C(C)n1cc(C#N)cn1. The molecule has 0 bridgehead atoms. The van der Waals surface area contributed by atoms with E-state index in [4.69, 9.17) is 10.4 Å². The van der Waals surface area contributed by atoms with Crippen molar-refractivity contribution in [2.75, 3.05) is 0 Å². The second-order valence-corrected chi connectivity index (χ2v) is 3.19. The lowest BCUT2D eigenvalue weighted by Crippen LogP contribution is -2.21. The van der Waals surface area contributed by atoms with Gasteiger partial charge in [-0.3, -0.25) is 9.48 Å². The van der Waals surface area contributed by atoms with E-state index in [-0.39, 0.29) is 6.04 Å². The molecule has 1 rings (SSSR count). The van der Waals surface area contributed by atoms with Crippen LogP contribution in [0.25, 0.3) is 0 Å². The summed E-state index contributed by atoms with van der Waals surface area (Å²) in [4.78, 5) is 10.7. The van der Waals surface area contributed by atoms with Crippen LogP contribution in [0.4, 0.5) is 0 Å². The highest BCUT2D eigenvalue weighted by molar-refractivity contribution is 5.70. The van der Waals surface area contributed by atoms with Crippen molar-refractivity contribution in [3.63, 3.8) is 0 Å². The summed E-state index contributed by atoms with van der Waals surface area (Å²) >= 11 is 0. The monoisotopic (exact) mass is 193 g/mol. The fourth-order valence-corrected chi connectivity index (χ4v) is 1.05. The molecule has 2 unspecified atom stereocenters. The largest absolute Gasteiger partial charge is 0.481 e. The molecule has 0 aliphatic heterocycles. The number of carboxylic acids is 1. The minimum atomic E-state index is -0.869. The summed E-state index contributed by atoms with van der Waals surface area (Å²) in [5.41, 5.74) is 0.439. The molecular weight excluding hydrogens is 182 g/mol. The zero-order chi connectivity index (χ0) is 10.7. The molecule has 0 saturated heterocycles. The Morgan fingerprint density at radius 1 is 1.71 bits per heavy atom. The van der Waals surface area contributed by atoms with Crippen LogP contribution in [0.1, 0.15) is 25.5 Å². The van der Waals surface area contributed by atoms with Crippen LogP contribution in [-0.2, 0) is 4.79 Å². The van der Waals surface area contributed by atoms with Gasteiger partial charge in [-0.25, -0.2) is 0 Å². The molecule has 2 atom stereocenters. The first-order valence-electron chi connectivity index (χ1n) is 4.23. The molecule has 5 heteroatoms. The van der Waals surface area contributed by atoms with Crippen molar-refractivity contribution in [3.8, 4) is 6.07 Å². The van der Waals surface area contributed by atoms with E-state index >= 15 is 0 Å². The fourth-order valence-electron chi connectivity index (χ4n) is 1.05. The number of rotatable bonds is 3. The molecule has 74 valence electrons. The topological polar surface area (TPSA) is 78.9 Å². The van der Waals surface area contributed by atoms with Gasteiger partial charge in [0.1, 0.15) is 6.07 Å². The number of carboxylic acid groups (broad SMARTS) is 1. The number of nitrogens with zero attached hydrogens (tertiary/aromatic N) is 3. The molecule has 0 radical (unpaired) electrons. The first-order chi connectivity index (χ1) is 6.56. The Kier molecular flexibility index (Phi) is 2.87. The van der Waals surface area contributed by atoms with E-state index in [0.29, 0.717) is 5.56 Å². The predicted octanol–water partition coefficient (Wildman–Crippen LogP) is 1.04. The van der Waals surface area contributed by atoms with Crippen LogP contribution >= 0.6 is 0 Å². The average Bonchev–Trinajstić information content (AvgIpc) is 2.63. The van der Waals surface area contributed by atoms with Gasteiger partial charge in [0.2, 0.25) is 0 Å². The first-order valence-corrected chi connectivity index (χ1v) is 4.23. The molecule has 0 fully saturated rings. The van der Waals surface area contributed by atoms with E-state index in [1.807, 2.05) is 6.07 Å². The molecule has 1 N–H and O–H groups in total. The van der Waals surface area contributed by atoms with Crippen molar-refractivity contribution in [2.24, 2.45) is 5.92 Å². The summed E-state index contributed by atoms with van der Waals surface area (Å²) in [5, 5.41) is 21.3. The van der Waals surface area contributed by atoms with Gasteiger partial charge in [0, 0.05) is 6.20 Å². The summed E-state index contributed by atoms with van der Waals surface area (Å²) in [6.45, 7) is 3.37. The van der Waals surface area contributed by atoms with Crippen molar-refractivity contribution in [3.05, 3.63) is 18.0 Å². The lowest BCUT2D eigenvalue weighted by atomic mass is 10.1. The maximum absolute atomic E-state index is 10.7. The molecule has 1 aromatic rings. The molecule has 0 aliphatic rings. The Labute approximate surface area is 81.6 Å². The third-order valence-corrected chi connectivity index (χ3v) is 2.26. The van der Waals surface area contributed by atoms with Gasteiger partial charge in [-0.1, -0.05) is 0 Å². The number of carbonyl (C=O) groups is 1. The lowest BCUT2D eigenvalue weighted by molar-refractivity contribution is -0.142. The minimum absolute atomic E-state index is 0.255. The van der Waals surface area contributed by atoms with E-state index in [1.165, 1.54) is 10.9 Å². The Hall–Kier alpha value is -1.83. The summed E-state index contributed by atoms with van der Waals surface area (Å²) in [5.74, 6) is -1.40. The van der Waals surface area contributed by atoms with Crippen molar-refractivity contribution in [1.82, 2.24) is 9.78 Å². The highest BCUT2D eigenvalue weighted by atomic mass is 16.4. The molecule has 14 heavy (non-hydrogen) atoms. The van der Waals surface area contributed by atoms with Gasteiger partial charge < -0.3 is 5.11 Å². The van der Waals surface area contributed by atoms with E-state index in [2.05, 4.69) is 5.10 Å². The minimum Gasteiger partial charge on any atom is -0.481 e. The lowest BCUT2D eigenvalue weighted by Gasteiger charge is -2.15. The van der Waals surface area contributed by atoms with Crippen molar-refractivity contribution in [2.45, 2.75) is 19.9 Å². The van der Waals surface area contributed by atoms with E-state index in [0.717, 1.165) is 0 Å². The molecule has 0 aliphatic carbocycles. The molecule has 1 heterocycles. The molecule has 5 nitrogen and oxygen atoms in total. The maximum Gasteiger partial charge on any atom is 0.308 e. The summed E-state index contributed by atoms with van der Waals surface area (Å²) in [7, 11) is 0. The second kappa shape index (κ2) is 3.92. The van der Waals surface area contributed by atoms with Gasteiger partial charge in [-0.2, -0.15) is 10.4 Å². The van der Waals surface area contributed by atoms with Crippen LogP contribution in [-0.4, -0.2) is 20.9 Å². The number of aromatic nitrogens is 2. The standard InChI is InChI=1S/C9H11N3O2/c1-6(9(13)14)7(2)12-5-8(3-10)4-11-12/h4-7H,1-2H3,(H,13,14). The Balaban J connectivity index is 2.84. The molecule has 0 amide bonds. The van der Waals surface area contributed by atoms with Crippen molar-refractivity contribution < 1.29 is 9.90 Å². The smallest absolute Gasteiger partial charge is 0.308 e. The maximum atomic E-state index is 10.7. The Morgan fingerprint density at radius 3 is 2.79 bits per heavy atom. The van der Waals surface area contributed by atoms with Gasteiger partial charge in [0.25, 0.3) is 0 Å². The normalized spacial score (nSPS) is 14.4. The zero-order valence-electron chi connectivity index (χ0n) is 8.01. The number of nitriles is 1. The predicted molar refractivity (Wildman–Crippen MR) is 48.5 cm³/mol. The molecule has 0 saturated carbocycles. The van der Waals surface area contributed by atoms with Gasteiger partial charge >= 0.3 is 5.97 Å². The van der Waals surface area contributed by atoms with Crippen LogP contribution in [0.3, 0.4) is 0 Å². The summed E-state index contributed by atoms with van der Waals surface area (Å²) in [6.07, 6.45) is 2.97. The van der Waals surface area contributed by atoms with Gasteiger partial charge in [-0.05, 0) is 13.8 Å². The van der Waals surface area contributed by atoms with Crippen molar-refractivity contribution in [1.29, 1.82) is 5.26 Å². The third-order valence-electron chi connectivity index (χ3n) is 2.26. The first kappa shape index (κ1) is 10.3. The van der Waals surface area contributed by atoms with Crippen molar-refractivity contribution >= 4 is 5.97 Å². The number of aliphatic carboxylic acids is 1. The van der Waals surface area contributed by atoms with Gasteiger partial charge in [-0.15, -0.1) is 0 Å².